The quantitative estimate of drug-likeness (QED) is 0.249. The summed E-state index contributed by atoms with van der Waals surface area (Å²) in [7, 11) is -0.678. The lowest BCUT2D eigenvalue weighted by molar-refractivity contribution is 0.123. The molecule has 0 N–H and O–H groups in total. The van der Waals surface area contributed by atoms with Crippen molar-refractivity contribution in [3.8, 4) is 0 Å². The minimum atomic E-state index is -2.51. The summed E-state index contributed by atoms with van der Waals surface area (Å²) < 4.78 is 12.3. The number of rotatable bonds is 11. The number of hydrogen-bond donors (Lipinski definition) is 0. The Labute approximate surface area is 181 Å². The van der Waals surface area contributed by atoms with Crippen molar-refractivity contribution >= 4 is 18.7 Å². The molecule has 0 amide bonds. The van der Waals surface area contributed by atoms with Crippen LogP contribution in [0.4, 0.5) is 0 Å². The van der Waals surface area contributed by atoms with Crippen LogP contribution in [0.5, 0.6) is 0 Å². The standard InChI is InChI=1S/C27H30O2Si/c1-3-13-25(20-21-29-22-24-14-7-4-8-15-24)23-30(28-2,26-16-9-5-10-17-26)27-18-11-6-12-19-27/h3-12,14-19,23H,1,13,20-22H2,2H3/b25-23+. The largest absolute Gasteiger partial charge is 0.408 e. The molecule has 3 heteroatoms. The van der Waals surface area contributed by atoms with Gasteiger partial charge in [-0.3, -0.25) is 0 Å². The second-order valence-electron chi connectivity index (χ2n) is 7.26. The molecule has 3 aromatic carbocycles. The molecule has 0 aromatic heterocycles. The van der Waals surface area contributed by atoms with E-state index in [9.17, 15) is 0 Å². The van der Waals surface area contributed by atoms with Crippen molar-refractivity contribution in [1.82, 2.24) is 0 Å². The van der Waals surface area contributed by atoms with Gasteiger partial charge in [-0.15, -0.1) is 6.58 Å². The summed E-state index contributed by atoms with van der Waals surface area (Å²) in [5, 5.41) is 2.48. The Morgan fingerprint density at radius 3 is 1.87 bits per heavy atom. The van der Waals surface area contributed by atoms with E-state index in [0.29, 0.717) is 13.2 Å². The van der Waals surface area contributed by atoms with Crippen LogP contribution in [0.3, 0.4) is 0 Å². The third-order valence-electron chi connectivity index (χ3n) is 5.22. The Kier molecular flexibility index (Phi) is 8.39. The van der Waals surface area contributed by atoms with Gasteiger partial charge in [0.25, 0.3) is 8.32 Å². The van der Waals surface area contributed by atoms with Gasteiger partial charge in [0.05, 0.1) is 13.2 Å². The van der Waals surface area contributed by atoms with Gasteiger partial charge in [0.15, 0.2) is 0 Å². The van der Waals surface area contributed by atoms with Gasteiger partial charge in [0.2, 0.25) is 0 Å². The molecule has 0 aliphatic rings. The molecule has 0 radical (unpaired) electrons. The van der Waals surface area contributed by atoms with Gasteiger partial charge in [-0.25, -0.2) is 0 Å². The minimum Gasteiger partial charge on any atom is -0.408 e. The average molecular weight is 415 g/mol. The van der Waals surface area contributed by atoms with Gasteiger partial charge >= 0.3 is 0 Å². The van der Waals surface area contributed by atoms with E-state index in [1.165, 1.54) is 21.5 Å². The highest BCUT2D eigenvalue weighted by atomic mass is 28.4. The summed E-state index contributed by atoms with van der Waals surface area (Å²) in [5.41, 5.74) is 4.88. The number of ether oxygens (including phenoxy) is 1. The van der Waals surface area contributed by atoms with Gasteiger partial charge < -0.3 is 9.16 Å². The predicted molar refractivity (Wildman–Crippen MR) is 129 cm³/mol. The summed E-state index contributed by atoms with van der Waals surface area (Å²) in [4.78, 5) is 0. The molecule has 30 heavy (non-hydrogen) atoms. The van der Waals surface area contributed by atoms with Crippen LogP contribution in [0.25, 0.3) is 0 Å². The monoisotopic (exact) mass is 414 g/mol. The van der Waals surface area contributed by atoms with Crippen molar-refractivity contribution in [2.45, 2.75) is 19.4 Å². The van der Waals surface area contributed by atoms with Crippen molar-refractivity contribution in [2.75, 3.05) is 13.7 Å². The zero-order chi connectivity index (χ0) is 21.1. The molecule has 0 atom stereocenters. The highest BCUT2D eigenvalue weighted by molar-refractivity contribution is 7.01. The smallest absolute Gasteiger partial charge is 0.280 e. The SMILES string of the molecule is C=CC/C(=C\[Si](OC)(c1ccccc1)c1ccccc1)CCOCc1ccccc1. The first kappa shape index (κ1) is 22.0. The topological polar surface area (TPSA) is 18.5 Å². The number of hydrogen-bond acceptors (Lipinski definition) is 2. The van der Waals surface area contributed by atoms with Crippen LogP contribution in [0.2, 0.25) is 0 Å². The molecule has 0 saturated carbocycles. The lowest BCUT2D eigenvalue weighted by Crippen LogP contribution is -2.59. The van der Waals surface area contributed by atoms with E-state index in [1.54, 1.807) is 0 Å². The Balaban J connectivity index is 1.85. The fraction of sp³-hybridized carbons (Fsp3) is 0.185. The Hall–Kier alpha value is -2.72. The maximum Gasteiger partial charge on any atom is 0.280 e. The zero-order valence-electron chi connectivity index (χ0n) is 17.7. The van der Waals surface area contributed by atoms with E-state index in [-0.39, 0.29) is 0 Å². The highest BCUT2D eigenvalue weighted by Gasteiger charge is 2.36. The molecule has 0 aliphatic heterocycles. The summed E-state index contributed by atoms with van der Waals surface area (Å²) in [5.74, 6) is 0. The molecule has 0 aliphatic carbocycles. The van der Waals surface area contributed by atoms with Crippen LogP contribution in [0.15, 0.2) is 115 Å². The van der Waals surface area contributed by atoms with Gasteiger partial charge in [-0.2, -0.15) is 0 Å². The van der Waals surface area contributed by atoms with Gasteiger partial charge in [-0.1, -0.05) is 108 Å². The maximum absolute atomic E-state index is 6.35. The summed E-state index contributed by atoms with van der Waals surface area (Å²) in [6.07, 6.45) is 3.65. The molecular formula is C27H30O2Si. The summed E-state index contributed by atoms with van der Waals surface area (Å²) in [6, 6.07) is 31.4. The van der Waals surface area contributed by atoms with E-state index in [0.717, 1.165) is 12.8 Å². The molecule has 154 valence electrons. The molecule has 0 bridgehead atoms. The van der Waals surface area contributed by atoms with Crippen LogP contribution >= 0.6 is 0 Å². The molecule has 0 fully saturated rings. The molecule has 0 heterocycles. The second-order valence-corrected chi connectivity index (χ2v) is 10.6. The molecular weight excluding hydrogens is 384 g/mol. The van der Waals surface area contributed by atoms with Crippen LogP contribution in [0, 0.1) is 0 Å². The normalized spacial score (nSPS) is 12.0. The van der Waals surface area contributed by atoms with E-state index < -0.39 is 8.32 Å². The number of allylic oxidation sites excluding steroid dienone is 1. The Morgan fingerprint density at radius 2 is 1.37 bits per heavy atom. The Bertz CT molecular complexity index is 881. The molecule has 0 spiro atoms. The first-order valence-corrected chi connectivity index (χ1v) is 12.4. The lowest BCUT2D eigenvalue weighted by atomic mass is 10.1. The Morgan fingerprint density at radius 1 is 0.833 bits per heavy atom. The third kappa shape index (κ3) is 5.67. The van der Waals surface area contributed by atoms with E-state index in [2.05, 4.69) is 85.1 Å². The van der Waals surface area contributed by atoms with Gasteiger partial charge in [-0.05, 0) is 28.8 Å². The first-order chi connectivity index (χ1) is 14.8. The van der Waals surface area contributed by atoms with Crippen molar-refractivity contribution in [1.29, 1.82) is 0 Å². The molecule has 0 unspecified atom stereocenters. The fourth-order valence-corrected chi connectivity index (χ4v) is 7.14. The number of benzene rings is 3. The van der Waals surface area contributed by atoms with E-state index in [1.807, 2.05) is 31.4 Å². The molecule has 3 aromatic rings. The molecule has 2 nitrogen and oxygen atoms in total. The summed E-state index contributed by atoms with van der Waals surface area (Å²) in [6.45, 7) is 5.27. The third-order valence-corrected chi connectivity index (χ3v) is 9.06. The highest BCUT2D eigenvalue weighted by Crippen LogP contribution is 2.17. The predicted octanol–water partition coefficient (Wildman–Crippen LogP) is 5.04. The van der Waals surface area contributed by atoms with Crippen molar-refractivity contribution < 1.29 is 9.16 Å². The van der Waals surface area contributed by atoms with Crippen LogP contribution < -0.4 is 10.4 Å². The van der Waals surface area contributed by atoms with Crippen LogP contribution in [0.1, 0.15) is 18.4 Å². The maximum atomic E-state index is 6.35. The zero-order valence-corrected chi connectivity index (χ0v) is 18.7. The van der Waals surface area contributed by atoms with Crippen LogP contribution in [-0.2, 0) is 15.8 Å². The van der Waals surface area contributed by atoms with Crippen molar-refractivity contribution in [3.05, 3.63) is 120 Å². The average Bonchev–Trinajstić information content (AvgIpc) is 2.82. The fourth-order valence-electron chi connectivity index (χ4n) is 3.67. The van der Waals surface area contributed by atoms with Crippen LogP contribution in [-0.4, -0.2) is 22.0 Å². The van der Waals surface area contributed by atoms with Gasteiger partial charge in [0.1, 0.15) is 0 Å². The summed E-state index contributed by atoms with van der Waals surface area (Å²) >= 11 is 0. The second kappa shape index (κ2) is 11.5. The van der Waals surface area contributed by atoms with Crippen molar-refractivity contribution in [3.63, 3.8) is 0 Å². The van der Waals surface area contributed by atoms with Gasteiger partial charge in [0, 0.05) is 7.11 Å². The van der Waals surface area contributed by atoms with E-state index in [4.69, 9.17) is 9.16 Å². The lowest BCUT2D eigenvalue weighted by Gasteiger charge is -2.29. The minimum absolute atomic E-state index is 0.631. The molecule has 3 rings (SSSR count). The van der Waals surface area contributed by atoms with E-state index >= 15 is 0 Å². The van der Waals surface area contributed by atoms with Crippen molar-refractivity contribution in [2.24, 2.45) is 0 Å². The molecule has 0 saturated heterocycles. The first-order valence-electron chi connectivity index (χ1n) is 10.4.